The Balaban J connectivity index is 1.33. The maximum absolute atomic E-state index is 13.2. The van der Waals surface area contributed by atoms with Gasteiger partial charge in [0, 0.05) is 43.3 Å². The van der Waals surface area contributed by atoms with Crippen LogP contribution in [0.5, 0.6) is 5.75 Å². The molecule has 0 radical (unpaired) electrons. The molecule has 0 N–H and O–H groups in total. The zero-order valence-corrected chi connectivity index (χ0v) is 17.1. The number of rotatable bonds is 6. The van der Waals surface area contributed by atoms with Crippen molar-refractivity contribution in [1.29, 1.82) is 0 Å². The Morgan fingerprint density at radius 3 is 2.53 bits per heavy atom. The third-order valence-electron chi connectivity index (χ3n) is 5.15. The Hall–Kier alpha value is -2.83. The molecule has 0 unspecified atom stereocenters. The summed E-state index contributed by atoms with van der Waals surface area (Å²) in [4.78, 5) is 16.9. The van der Waals surface area contributed by atoms with Gasteiger partial charge in [-0.05, 0) is 35.9 Å². The molecular weight excluding hydrogens is 407 g/mol. The van der Waals surface area contributed by atoms with Crippen LogP contribution in [-0.4, -0.2) is 41.9 Å². The number of carbonyl (C=O) groups is 1. The Morgan fingerprint density at radius 2 is 1.80 bits per heavy atom. The standard InChI is InChI=1S/C23H22ClFN2O3/c24-21-14-19(25)7-6-17(21)15-26-9-11-27(12-10-26)23(28)22-18(8-13-29-22)16-30-20-4-2-1-3-5-20/h1-8,13-14H,9-12,15-16H2. The van der Waals surface area contributed by atoms with E-state index in [1.807, 2.05) is 30.3 Å². The summed E-state index contributed by atoms with van der Waals surface area (Å²) in [6.45, 7) is 3.46. The second-order valence-corrected chi connectivity index (χ2v) is 7.59. The van der Waals surface area contributed by atoms with E-state index in [1.165, 1.54) is 18.4 Å². The van der Waals surface area contributed by atoms with Crippen LogP contribution in [0.15, 0.2) is 65.3 Å². The fourth-order valence-electron chi connectivity index (χ4n) is 3.46. The predicted octanol–water partition coefficient (Wildman–Crippen LogP) is 4.61. The quantitative estimate of drug-likeness (QED) is 0.575. The minimum absolute atomic E-state index is 0.133. The minimum atomic E-state index is -0.343. The van der Waals surface area contributed by atoms with Crippen molar-refractivity contribution in [3.05, 3.63) is 88.6 Å². The topological polar surface area (TPSA) is 45.9 Å². The molecule has 156 valence electrons. The largest absolute Gasteiger partial charge is 0.489 e. The van der Waals surface area contributed by atoms with E-state index in [0.29, 0.717) is 43.5 Å². The van der Waals surface area contributed by atoms with E-state index < -0.39 is 0 Å². The van der Waals surface area contributed by atoms with Crippen LogP contribution in [0.2, 0.25) is 5.02 Å². The van der Waals surface area contributed by atoms with Crippen molar-refractivity contribution in [2.24, 2.45) is 0 Å². The number of benzene rings is 2. The van der Waals surface area contributed by atoms with Gasteiger partial charge in [0.1, 0.15) is 18.2 Å². The molecule has 1 aromatic heterocycles. The molecule has 0 atom stereocenters. The monoisotopic (exact) mass is 428 g/mol. The lowest BCUT2D eigenvalue weighted by Gasteiger charge is -2.34. The molecule has 0 spiro atoms. The second kappa shape index (κ2) is 9.32. The molecular formula is C23H22ClFN2O3. The molecule has 0 saturated carbocycles. The lowest BCUT2D eigenvalue weighted by Crippen LogP contribution is -2.48. The number of furan rings is 1. The van der Waals surface area contributed by atoms with Gasteiger partial charge in [0.25, 0.3) is 5.91 Å². The van der Waals surface area contributed by atoms with Gasteiger partial charge in [-0.15, -0.1) is 0 Å². The lowest BCUT2D eigenvalue weighted by atomic mass is 10.1. The minimum Gasteiger partial charge on any atom is -0.489 e. The van der Waals surface area contributed by atoms with Crippen LogP contribution < -0.4 is 4.74 Å². The number of para-hydroxylation sites is 1. The molecule has 2 heterocycles. The number of nitrogens with zero attached hydrogens (tertiary/aromatic N) is 2. The molecule has 0 bridgehead atoms. The zero-order valence-electron chi connectivity index (χ0n) is 16.4. The number of halogens is 2. The van der Waals surface area contributed by atoms with E-state index in [2.05, 4.69) is 4.90 Å². The van der Waals surface area contributed by atoms with Crippen LogP contribution in [0, 0.1) is 5.82 Å². The van der Waals surface area contributed by atoms with Crippen LogP contribution in [0.4, 0.5) is 4.39 Å². The lowest BCUT2D eigenvalue weighted by molar-refractivity contribution is 0.0594. The van der Waals surface area contributed by atoms with Crippen molar-refractivity contribution in [2.75, 3.05) is 26.2 Å². The van der Waals surface area contributed by atoms with Crippen molar-refractivity contribution in [3.8, 4) is 5.75 Å². The van der Waals surface area contributed by atoms with E-state index in [4.69, 9.17) is 20.8 Å². The van der Waals surface area contributed by atoms with Crippen LogP contribution in [0.1, 0.15) is 21.7 Å². The van der Waals surface area contributed by atoms with Crippen molar-refractivity contribution in [3.63, 3.8) is 0 Å². The van der Waals surface area contributed by atoms with Crippen LogP contribution >= 0.6 is 11.6 Å². The number of carbonyl (C=O) groups excluding carboxylic acids is 1. The maximum Gasteiger partial charge on any atom is 0.290 e. The third-order valence-corrected chi connectivity index (χ3v) is 5.50. The average molecular weight is 429 g/mol. The van der Waals surface area contributed by atoms with E-state index in [1.54, 1.807) is 17.0 Å². The molecule has 1 saturated heterocycles. The fourth-order valence-corrected chi connectivity index (χ4v) is 3.69. The van der Waals surface area contributed by atoms with Gasteiger partial charge in [-0.25, -0.2) is 4.39 Å². The van der Waals surface area contributed by atoms with Crippen LogP contribution in [0.3, 0.4) is 0 Å². The molecule has 2 aromatic carbocycles. The number of amides is 1. The first-order valence-corrected chi connectivity index (χ1v) is 10.2. The Morgan fingerprint density at radius 1 is 1.03 bits per heavy atom. The van der Waals surface area contributed by atoms with Gasteiger partial charge < -0.3 is 14.1 Å². The number of ether oxygens (including phenoxy) is 1. The molecule has 1 fully saturated rings. The van der Waals surface area contributed by atoms with Crippen molar-refractivity contribution < 1.29 is 18.3 Å². The highest BCUT2D eigenvalue weighted by molar-refractivity contribution is 6.31. The molecule has 1 aliphatic rings. The first kappa shape index (κ1) is 20.4. The summed E-state index contributed by atoms with van der Waals surface area (Å²) in [5, 5.41) is 0.423. The van der Waals surface area contributed by atoms with Gasteiger partial charge in [-0.3, -0.25) is 9.69 Å². The Kier molecular flexibility index (Phi) is 6.35. The van der Waals surface area contributed by atoms with Crippen LogP contribution in [0.25, 0.3) is 0 Å². The van der Waals surface area contributed by atoms with Gasteiger partial charge in [-0.2, -0.15) is 0 Å². The summed E-state index contributed by atoms with van der Waals surface area (Å²) in [7, 11) is 0. The zero-order chi connectivity index (χ0) is 20.9. The highest BCUT2D eigenvalue weighted by Gasteiger charge is 2.26. The normalized spacial score (nSPS) is 14.7. The summed E-state index contributed by atoms with van der Waals surface area (Å²) in [5.74, 6) is 0.585. The fraction of sp³-hybridized carbons (Fsp3) is 0.261. The third kappa shape index (κ3) is 4.83. The molecule has 30 heavy (non-hydrogen) atoms. The Labute approximate surface area is 179 Å². The molecule has 3 aromatic rings. The summed E-state index contributed by atoms with van der Waals surface area (Å²) in [5.41, 5.74) is 1.61. The van der Waals surface area contributed by atoms with Crippen molar-refractivity contribution >= 4 is 17.5 Å². The van der Waals surface area contributed by atoms with Gasteiger partial charge >= 0.3 is 0 Å². The summed E-state index contributed by atoms with van der Waals surface area (Å²) >= 11 is 6.13. The molecule has 0 aliphatic carbocycles. The molecule has 1 aliphatic heterocycles. The molecule has 5 nitrogen and oxygen atoms in total. The van der Waals surface area contributed by atoms with Crippen LogP contribution in [-0.2, 0) is 13.2 Å². The molecule has 7 heteroatoms. The number of hydrogen-bond donors (Lipinski definition) is 0. The Bertz CT molecular complexity index is 1000. The predicted molar refractivity (Wildman–Crippen MR) is 112 cm³/mol. The summed E-state index contributed by atoms with van der Waals surface area (Å²) in [6, 6.07) is 15.7. The van der Waals surface area contributed by atoms with Gasteiger partial charge in [0.15, 0.2) is 5.76 Å². The molecule has 4 rings (SSSR count). The van der Waals surface area contributed by atoms with E-state index in [0.717, 1.165) is 16.9 Å². The highest BCUT2D eigenvalue weighted by Crippen LogP contribution is 2.21. The maximum atomic E-state index is 13.2. The SMILES string of the molecule is O=C(c1occc1COc1ccccc1)N1CCN(Cc2ccc(F)cc2Cl)CC1. The average Bonchev–Trinajstić information content (AvgIpc) is 3.24. The van der Waals surface area contributed by atoms with Crippen molar-refractivity contribution in [2.45, 2.75) is 13.2 Å². The van der Waals surface area contributed by atoms with Crippen molar-refractivity contribution in [1.82, 2.24) is 9.80 Å². The van der Waals surface area contributed by atoms with E-state index in [9.17, 15) is 9.18 Å². The first-order valence-electron chi connectivity index (χ1n) is 9.80. The van der Waals surface area contributed by atoms with Gasteiger partial charge in [-0.1, -0.05) is 35.9 Å². The highest BCUT2D eigenvalue weighted by atomic mass is 35.5. The van der Waals surface area contributed by atoms with Gasteiger partial charge in [0.2, 0.25) is 0 Å². The summed E-state index contributed by atoms with van der Waals surface area (Å²) < 4.78 is 24.5. The number of piperazine rings is 1. The number of hydrogen-bond acceptors (Lipinski definition) is 4. The first-order chi connectivity index (χ1) is 14.6. The smallest absolute Gasteiger partial charge is 0.290 e. The van der Waals surface area contributed by atoms with Gasteiger partial charge in [0.05, 0.1) is 6.26 Å². The molecule has 1 amide bonds. The summed E-state index contributed by atoms with van der Waals surface area (Å²) in [6.07, 6.45) is 1.52. The second-order valence-electron chi connectivity index (χ2n) is 7.18. The van der Waals surface area contributed by atoms with E-state index >= 15 is 0 Å². The van der Waals surface area contributed by atoms with E-state index in [-0.39, 0.29) is 18.3 Å².